The summed E-state index contributed by atoms with van der Waals surface area (Å²) in [6.07, 6.45) is -0.518. The Hall–Kier alpha value is -1.56. The predicted octanol–water partition coefficient (Wildman–Crippen LogP) is 1.34. The molecule has 1 aromatic rings. The normalized spacial score (nSPS) is 10.9. The van der Waals surface area contributed by atoms with Crippen LogP contribution in [-0.2, 0) is 21.1 Å². The average Bonchev–Trinajstić information content (AvgIpc) is 2.36. The van der Waals surface area contributed by atoms with E-state index in [1.165, 1.54) is 19.2 Å². The van der Waals surface area contributed by atoms with E-state index in [-0.39, 0.29) is 5.75 Å². The minimum atomic E-state index is -3.16. The van der Waals surface area contributed by atoms with Gasteiger partial charge in [-0.05, 0) is 17.7 Å². The Bertz CT molecular complexity index is 479. The highest BCUT2D eigenvalue weighted by atomic mass is 32.2. The number of benzene rings is 1. The molecule has 0 aliphatic heterocycles. The molecule has 0 atom stereocenters. The average molecular weight is 257 g/mol. The highest BCUT2D eigenvalue weighted by Crippen LogP contribution is 2.12. The third-order valence-electron chi connectivity index (χ3n) is 2.28. The van der Waals surface area contributed by atoms with E-state index >= 15 is 0 Å². The molecule has 0 heterocycles. The van der Waals surface area contributed by atoms with E-state index in [0.29, 0.717) is 11.4 Å². The number of methoxy groups -OCH3 is 1. The summed E-state index contributed by atoms with van der Waals surface area (Å²) in [7, 11) is -1.88. The lowest BCUT2D eigenvalue weighted by Crippen LogP contribution is -2.22. The van der Waals surface area contributed by atoms with Crippen LogP contribution in [0.4, 0.5) is 4.79 Å². The van der Waals surface area contributed by atoms with E-state index in [9.17, 15) is 13.2 Å². The van der Waals surface area contributed by atoms with Crippen molar-refractivity contribution >= 4 is 15.9 Å². The number of carbonyl (C=O) groups excluding carboxylic acids is 1. The molecule has 0 fully saturated rings. The van der Waals surface area contributed by atoms with Crippen LogP contribution in [0.5, 0.6) is 0 Å². The maximum Gasteiger partial charge on any atom is 0.407 e. The summed E-state index contributed by atoms with van der Waals surface area (Å²) in [6.45, 7) is 1.90. The topological polar surface area (TPSA) is 72.5 Å². The van der Waals surface area contributed by atoms with Gasteiger partial charge in [0.15, 0.2) is 9.84 Å². The van der Waals surface area contributed by atoms with E-state index in [2.05, 4.69) is 10.1 Å². The number of carbonyl (C=O) groups is 1. The maximum atomic E-state index is 11.5. The van der Waals surface area contributed by atoms with E-state index in [4.69, 9.17) is 0 Å². The summed E-state index contributed by atoms with van der Waals surface area (Å²) in [6, 6.07) is 6.40. The highest BCUT2D eigenvalue weighted by molar-refractivity contribution is 7.91. The van der Waals surface area contributed by atoms with Crippen molar-refractivity contribution in [3.63, 3.8) is 0 Å². The Labute approximate surface area is 101 Å². The molecule has 0 saturated carbocycles. The summed E-state index contributed by atoms with van der Waals surface area (Å²) in [5, 5.41) is 2.51. The molecule has 0 spiro atoms. The van der Waals surface area contributed by atoms with Gasteiger partial charge in [-0.3, -0.25) is 0 Å². The number of hydrogen-bond donors (Lipinski definition) is 1. The third kappa shape index (κ3) is 3.74. The molecule has 5 nitrogen and oxygen atoms in total. The van der Waals surface area contributed by atoms with Gasteiger partial charge >= 0.3 is 6.09 Å². The van der Waals surface area contributed by atoms with Gasteiger partial charge in [-0.1, -0.05) is 19.1 Å². The summed E-state index contributed by atoms with van der Waals surface area (Å²) in [5.74, 6) is 0.0761. The second kappa shape index (κ2) is 5.67. The van der Waals surface area contributed by atoms with Gasteiger partial charge in [0.1, 0.15) is 0 Å². The number of hydrogen-bond acceptors (Lipinski definition) is 4. The molecule has 0 aliphatic carbocycles. The Balaban J connectivity index is 2.72. The number of nitrogens with one attached hydrogen (secondary N) is 1. The van der Waals surface area contributed by atoms with Crippen LogP contribution in [0.25, 0.3) is 0 Å². The van der Waals surface area contributed by atoms with Crippen LogP contribution in [0, 0.1) is 0 Å². The second-order valence-corrected chi connectivity index (χ2v) is 5.67. The van der Waals surface area contributed by atoms with Crippen LogP contribution in [0.1, 0.15) is 12.5 Å². The van der Waals surface area contributed by atoms with E-state index in [1.807, 2.05) is 0 Å². The van der Waals surface area contributed by atoms with Gasteiger partial charge in [-0.25, -0.2) is 13.2 Å². The summed E-state index contributed by atoms with van der Waals surface area (Å²) in [4.78, 5) is 11.1. The van der Waals surface area contributed by atoms with Crippen LogP contribution < -0.4 is 5.32 Å². The Morgan fingerprint density at radius 3 is 2.35 bits per heavy atom. The minimum absolute atomic E-state index is 0.0761. The lowest BCUT2D eigenvalue weighted by molar-refractivity contribution is 0.170. The first-order chi connectivity index (χ1) is 7.99. The Kier molecular flexibility index (Phi) is 4.51. The van der Waals surface area contributed by atoms with Crippen molar-refractivity contribution < 1.29 is 17.9 Å². The first-order valence-corrected chi connectivity index (χ1v) is 6.78. The molecule has 0 aromatic heterocycles. The van der Waals surface area contributed by atoms with Gasteiger partial charge in [-0.2, -0.15) is 0 Å². The molecule has 1 rings (SSSR count). The van der Waals surface area contributed by atoms with Crippen molar-refractivity contribution in [2.45, 2.75) is 18.4 Å². The zero-order valence-electron chi connectivity index (χ0n) is 9.76. The fraction of sp³-hybridized carbons (Fsp3) is 0.364. The summed E-state index contributed by atoms with van der Waals surface area (Å²) < 4.78 is 27.5. The number of sulfone groups is 1. The van der Waals surface area contributed by atoms with Crippen molar-refractivity contribution in [2.75, 3.05) is 12.9 Å². The predicted molar refractivity (Wildman–Crippen MR) is 63.4 cm³/mol. The van der Waals surface area contributed by atoms with Gasteiger partial charge in [0.2, 0.25) is 0 Å². The fourth-order valence-electron chi connectivity index (χ4n) is 1.23. The quantitative estimate of drug-likeness (QED) is 0.883. The molecular formula is C11H15NO4S. The summed E-state index contributed by atoms with van der Waals surface area (Å²) in [5.41, 5.74) is 0.811. The zero-order chi connectivity index (χ0) is 12.9. The fourth-order valence-corrected chi connectivity index (χ4v) is 2.11. The molecule has 94 valence electrons. The Morgan fingerprint density at radius 1 is 1.29 bits per heavy atom. The number of amides is 1. The van der Waals surface area contributed by atoms with E-state index in [1.54, 1.807) is 19.1 Å². The van der Waals surface area contributed by atoms with Gasteiger partial charge < -0.3 is 10.1 Å². The second-order valence-electron chi connectivity index (χ2n) is 3.39. The first kappa shape index (κ1) is 13.5. The molecule has 17 heavy (non-hydrogen) atoms. The maximum absolute atomic E-state index is 11.5. The van der Waals surface area contributed by atoms with Crippen LogP contribution in [-0.4, -0.2) is 27.4 Å². The van der Waals surface area contributed by atoms with Gasteiger partial charge in [-0.15, -0.1) is 0 Å². The minimum Gasteiger partial charge on any atom is -0.453 e. The van der Waals surface area contributed by atoms with E-state index < -0.39 is 15.9 Å². The molecule has 0 radical (unpaired) electrons. The van der Waals surface area contributed by atoms with Gasteiger partial charge in [0.25, 0.3) is 0 Å². The SMILES string of the molecule is CCS(=O)(=O)c1ccc(CNC(=O)OC)cc1. The molecule has 6 heteroatoms. The van der Waals surface area contributed by atoms with Gasteiger partial charge in [0, 0.05) is 6.54 Å². The van der Waals surface area contributed by atoms with Crippen LogP contribution in [0.15, 0.2) is 29.2 Å². The molecule has 1 aromatic carbocycles. The lowest BCUT2D eigenvalue weighted by atomic mass is 10.2. The zero-order valence-corrected chi connectivity index (χ0v) is 10.6. The smallest absolute Gasteiger partial charge is 0.407 e. The largest absolute Gasteiger partial charge is 0.453 e. The molecule has 0 saturated heterocycles. The number of alkyl carbamates (subject to hydrolysis) is 1. The molecule has 1 amide bonds. The van der Waals surface area contributed by atoms with Crippen LogP contribution in [0.3, 0.4) is 0 Å². The van der Waals surface area contributed by atoms with Crippen molar-refractivity contribution in [1.29, 1.82) is 0 Å². The molecule has 0 bridgehead atoms. The summed E-state index contributed by atoms with van der Waals surface area (Å²) >= 11 is 0. The molecule has 0 unspecified atom stereocenters. The number of rotatable bonds is 4. The first-order valence-electron chi connectivity index (χ1n) is 5.13. The molecule has 1 N–H and O–H groups in total. The third-order valence-corrected chi connectivity index (χ3v) is 4.04. The standard InChI is InChI=1S/C11H15NO4S/c1-3-17(14,15)10-6-4-9(5-7-10)8-12-11(13)16-2/h4-7H,3,8H2,1-2H3,(H,12,13). The Morgan fingerprint density at radius 2 is 1.88 bits per heavy atom. The number of ether oxygens (including phenoxy) is 1. The van der Waals surface area contributed by atoms with E-state index in [0.717, 1.165) is 5.56 Å². The monoisotopic (exact) mass is 257 g/mol. The molecule has 0 aliphatic rings. The van der Waals surface area contributed by atoms with Crippen molar-refractivity contribution in [1.82, 2.24) is 5.32 Å². The van der Waals surface area contributed by atoms with Crippen molar-refractivity contribution in [3.05, 3.63) is 29.8 Å². The van der Waals surface area contributed by atoms with Crippen molar-refractivity contribution in [2.24, 2.45) is 0 Å². The van der Waals surface area contributed by atoms with Crippen LogP contribution >= 0.6 is 0 Å². The van der Waals surface area contributed by atoms with Crippen LogP contribution in [0.2, 0.25) is 0 Å². The van der Waals surface area contributed by atoms with Crippen molar-refractivity contribution in [3.8, 4) is 0 Å². The molecular weight excluding hydrogens is 242 g/mol. The lowest BCUT2D eigenvalue weighted by Gasteiger charge is -2.05. The highest BCUT2D eigenvalue weighted by Gasteiger charge is 2.10. The van der Waals surface area contributed by atoms with Gasteiger partial charge in [0.05, 0.1) is 17.8 Å².